The molecule has 0 spiro atoms. The molecule has 7 nitrogen and oxygen atoms in total. The molecular weight excluding hydrogens is 410 g/mol. The average Bonchev–Trinajstić information content (AvgIpc) is 2.98. The van der Waals surface area contributed by atoms with Gasteiger partial charge in [-0.2, -0.15) is 0 Å². The maximum Gasteiger partial charge on any atom is 0.335 e. The van der Waals surface area contributed by atoms with Gasteiger partial charge in [0, 0.05) is 18.3 Å². The molecule has 0 radical (unpaired) electrons. The zero-order chi connectivity index (χ0) is 24.0. The number of carbonyl (C=O) groups excluding carboxylic acids is 2. The van der Waals surface area contributed by atoms with Crippen LogP contribution < -0.4 is 5.32 Å². The van der Waals surface area contributed by atoms with Crippen molar-refractivity contribution in [2.24, 2.45) is 35.5 Å². The van der Waals surface area contributed by atoms with Crippen molar-refractivity contribution in [2.45, 2.75) is 65.5 Å². The van der Waals surface area contributed by atoms with Crippen molar-refractivity contribution in [1.82, 2.24) is 5.32 Å². The second-order valence-electron chi connectivity index (χ2n) is 10.2. The second kappa shape index (κ2) is 8.85. The summed E-state index contributed by atoms with van der Waals surface area (Å²) in [5, 5.41) is 33.2. The number of amides is 1. The molecule has 3 aliphatic rings. The van der Waals surface area contributed by atoms with Gasteiger partial charge in [0.05, 0.1) is 6.04 Å². The van der Waals surface area contributed by atoms with Crippen molar-refractivity contribution < 1.29 is 29.7 Å². The number of allylic oxidation sites excluding steroid dienone is 5. The Bertz CT molecular complexity index is 898. The zero-order valence-corrected chi connectivity index (χ0v) is 19.5. The highest BCUT2D eigenvalue weighted by Crippen LogP contribution is 2.51. The number of carbonyl (C=O) groups is 3. The number of carboxylic acids is 1. The topological polar surface area (TPSA) is 124 Å². The van der Waals surface area contributed by atoms with Gasteiger partial charge in [-0.05, 0) is 57.3 Å². The zero-order valence-electron chi connectivity index (χ0n) is 19.5. The molecule has 176 valence electrons. The van der Waals surface area contributed by atoms with Gasteiger partial charge in [0.15, 0.2) is 11.4 Å². The number of Topliss-reactive ketones (excluding diaryl/α,β-unsaturated/α-hetero) is 1. The Morgan fingerprint density at radius 2 is 1.88 bits per heavy atom. The largest absolute Gasteiger partial charge is 0.511 e. The first-order valence-electron chi connectivity index (χ1n) is 11.4. The van der Waals surface area contributed by atoms with E-state index in [1.807, 2.05) is 19.9 Å². The number of ketones is 1. The molecule has 1 saturated carbocycles. The van der Waals surface area contributed by atoms with Crippen molar-refractivity contribution in [3.8, 4) is 0 Å². The van der Waals surface area contributed by atoms with E-state index < -0.39 is 41.6 Å². The minimum atomic E-state index is -2.17. The van der Waals surface area contributed by atoms with E-state index in [0.29, 0.717) is 11.8 Å². The summed E-state index contributed by atoms with van der Waals surface area (Å²) in [4.78, 5) is 37.1. The lowest BCUT2D eigenvalue weighted by Crippen LogP contribution is -2.43. The quantitative estimate of drug-likeness (QED) is 0.223. The number of fused-ring (bicyclic) bond motifs is 1. The molecule has 2 fully saturated rings. The standard InChI is InChI=1S/C25H35NO6/c1-6-13(3)16-8-7-15-10-12(2)9-14(4)18(15)19(16)22(28)20-21(27)17(26-23(20)29)11-25(5,32)24(30)31/h6-8,12,14-19,28,32H,9-11H2,1-5H3,(H,26,29)(H,30,31)/b13-6+,22-20-/t12-,14+,15-,16+,17+,18+,19-,25+/m1/s1. The highest BCUT2D eigenvalue weighted by Gasteiger charge is 2.49. The fraction of sp³-hybridized carbons (Fsp3) is 0.640. The van der Waals surface area contributed by atoms with Gasteiger partial charge in [-0.3, -0.25) is 9.59 Å². The maximum atomic E-state index is 13.1. The van der Waals surface area contributed by atoms with Crippen molar-refractivity contribution >= 4 is 17.7 Å². The molecule has 1 aliphatic heterocycles. The van der Waals surface area contributed by atoms with Gasteiger partial charge in [0.2, 0.25) is 0 Å². The highest BCUT2D eigenvalue weighted by atomic mass is 16.4. The lowest BCUT2D eigenvalue weighted by atomic mass is 9.57. The van der Waals surface area contributed by atoms with E-state index in [0.717, 1.165) is 25.3 Å². The molecule has 0 aromatic carbocycles. The minimum absolute atomic E-state index is 0.0883. The van der Waals surface area contributed by atoms with Gasteiger partial charge >= 0.3 is 5.97 Å². The summed E-state index contributed by atoms with van der Waals surface area (Å²) in [6.07, 6.45) is 7.85. The van der Waals surface area contributed by atoms with E-state index in [2.05, 4.69) is 31.3 Å². The summed E-state index contributed by atoms with van der Waals surface area (Å²) in [5.41, 5.74) is -1.41. The van der Waals surface area contributed by atoms with Crippen molar-refractivity contribution in [3.63, 3.8) is 0 Å². The van der Waals surface area contributed by atoms with Crippen molar-refractivity contribution in [2.75, 3.05) is 0 Å². The van der Waals surface area contributed by atoms with Crippen LogP contribution in [0.2, 0.25) is 0 Å². The first-order valence-corrected chi connectivity index (χ1v) is 11.4. The van der Waals surface area contributed by atoms with Crippen LogP contribution in [0.15, 0.2) is 35.1 Å². The Morgan fingerprint density at radius 3 is 2.47 bits per heavy atom. The Balaban J connectivity index is 2.04. The van der Waals surface area contributed by atoms with E-state index in [9.17, 15) is 29.7 Å². The van der Waals surface area contributed by atoms with E-state index in [1.54, 1.807) is 0 Å². The van der Waals surface area contributed by atoms with Gasteiger partial charge < -0.3 is 20.6 Å². The summed E-state index contributed by atoms with van der Waals surface area (Å²) in [6.45, 7) is 9.40. The summed E-state index contributed by atoms with van der Waals surface area (Å²) < 4.78 is 0. The summed E-state index contributed by atoms with van der Waals surface area (Å²) in [7, 11) is 0. The molecular formula is C25H35NO6. The van der Waals surface area contributed by atoms with E-state index in [4.69, 9.17) is 0 Å². The van der Waals surface area contributed by atoms with Crippen LogP contribution in [0.5, 0.6) is 0 Å². The fourth-order valence-electron chi connectivity index (χ4n) is 5.98. The summed E-state index contributed by atoms with van der Waals surface area (Å²) in [6, 6.07) is -1.19. The van der Waals surface area contributed by atoms with Crippen molar-refractivity contribution in [3.05, 3.63) is 35.1 Å². The molecule has 3 rings (SSSR count). The molecule has 0 aromatic heterocycles. The molecule has 0 bridgehead atoms. The molecule has 4 N–H and O–H groups in total. The third kappa shape index (κ3) is 4.27. The fourth-order valence-corrected chi connectivity index (χ4v) is 5.98. The van der Waals surface area contributed by atoms with E-state index >= 15 is 0 Å². The Hall–Kier alpha value is -2.41. The lowest BCUT2D eigenvalue weighted by molar-refractivity contribution is -0.158. The van der Waals surface area contributed by atoms with Gasteiger partial charge in [0.25, 0.3) is 5.91 Å². The third-order valence-electron chi connectivity index (χ3n) is 7.68. The normalized spacial score (nSPS) is 38.7. The third-order valence-corrected chi connectivity index (χ3v) is 7.68. The van der Waals surface area contributed by atoms with E-state index in [-0.39, 0.29) is 29.1 Å². The molecule has 1 heterocycles. The number of carboxylic acid groups (broad SMARTS) is 1. The lowest BCUT2D eigenvalue weighted by Gasteiger charge is -2.47. The molecule has 1 amide bonds. The molecule has 2 aliphatic carbocycles. The molecule has 1 saturated heterocycles. The van der Waals surface area contributed by atoms with Gasteiger partial charge in [-0.15, -0.1) is 0 Å². The number of aliphatic carboxylic acids is 1. The van der Waals surface area contributed by atoms with Crippen LogP contribution in [0, 0.1) is 35.5 Å². The molecule has 7 heteroatoms. The van der Waals surface area contributed by atoms with Crippen LogP contribution in [-0.2, 0) is 14.4 Å². The van der Waals surface area contributed by atoms with Crippen LogP contribution in [0.25, 0.3) is 0 Å². The predicted molar refractivity (Wildman–Crippen MR) is 120 cm³/mol. The molecule has 8 atom stereocenters. The van der Waals surface area contributed by atoms with Crippen LogP contribution in [0.3, 0.4) is 0 Å². The van der Waals surface area contributed by atoms with Crippen LogP contribution in [-0.4, -0.2) is 44.6 Å². The maximum absolute atomic E-state index is 13.1. The number of hydrogen-bond donors (Lipinski definition) is 4. The first-order chi connectivity index (χ1) is 14.9. The monoisotopic (exact) mass is 445 g/mol. The Labute approximate surface area is 189 Å². The number of nitrogens with one attached hydrogen (secondary N) is 1. The Morgan fingerprint density at radius 1 is 1.22 bits per heavy atom. The first kappa shape index (κ1) is 24.2. The smallest absolute Gasteiger partial charge is 0.335 e. The van der Waals surface area contributed by atoms with Crippen LogP contribution >= 0.6 is 0 Å². The number of rotatable bonds is 5. The SMILES string of the molecule is C/C=C(\C)[C@@H]1C=C[C@@H]2C[C@H](C)C[C@H](C)[C@@H]2[C@@H]1/C(O)=C1/C(=O)N[C@@H](C[C@](C)(O)C(=O)O)C1=O. The number of hydrogen-bond acceptors (Lipinski definition) is 5. The average molecular weight is 446 g/mol. The predicted octanol–water partition coefficient (Wildman–Crippen LogP) is 3.16. The number of aliphatic hydroxyl groups excluding tert-OH is 1. The molecule has 0 unspecified atom stereocenters. The van der Waals surface area contributed by atoms with Gasteiger partial charge in [-0.25, -0.2) is 4.79 Å². The minimum Gasteiger partial charge on any atom is -0.511 e. The Kier molecular flexibility index (Phi) is 6.70. The van der Waals surface area contributed by atoms with Crippen molar-refractivity contribution in [1.29, 1.82) is 0 Å². The second-order valence-corrected chi connectivity index (χ2v) is 10.2. The summed E-state index contributed by atoms with van der Waals surface area (Å²) >= 11 is 0. The van der Waals surface area contributed by atoms with Gasteiger partial charge in [0.1, 0.15) is 11.3 Å². The van der Waals surface area contributed by atoms with Gasteiger partial charge in [-0.1, -0.05) is 37.6 Å². The molecule has 0 aromatic rings. The van der Waals surface area contributed by atoms with E-state index in [1.165, 1.54) is 0 Å². The number of aliphatic hydroxyl groups is 2. The van der Waals surface area contributed by atoms with Crippen LogP contribution in [0.1, 0.15) is 53.9 Å². The highest BCUT2D eigenvalue weighted by molar-refractivity contribution is 6.27. The summed E-state index contributed by atoms with van der Waals surface area (Å²) in [5.74, 6) is -2.39. The molecule has 32 heavy (non-hydrogen) atoms. The van der Waals surface area contributed by atoms with Crippen LogP contribution in [0.4, 0.5) is 0 Å².